The number of hydrogen-bond donors (Lipinski definition) is 0. The zero-order valence-corrected chi connectivity index (χ0v) is 19.6. The Labute approximate surface area is 185 Å². The second-order valence-electron chi connectivity index (χ2n) is 7.25. The van der Waals surface area contributed by atoms with E-state index in [1.807, 2.05) is 38.3 Å². The Kier molecular flexibility index (Phi) is 9.81. The van der Waals surface area contributed by atoms with Crippen LogP contribution in [0.15, 0.2) is 39.7 Å². The number of fused-ring (bicyclic) bond motifs is 2. The van der Waals surface area contributed by atoms with Crippen molar-refractivity contribution in [2.45, 2.75) is 71.5 Å². The number of thiazole rings is 1. The summed E-state index contributed by atoms with van der Waals surface area (Å²) in [5.41, 5.74) is 2.03. The molecule has 7 heteroatoms. The van der Waals surface area contributed by atoms with Gasteiger partial charge in [0.15, 0.2) is 0 Å². The van der Waals surface area contributed by atoms with Gasteiger partial charge in [0.05, 0.1) is 10.7 Å². The fourth-order valence-electron chi connectivity index (χ4n) is 3.02. The molecule has 2 bridgehead atoms. The molecule has 1 aromatic heterocycles. The number of esters is 2. The van der Waals surface area contributed by atoms with Crippen LogP contribution >= 0.6 is 27.3 Å². The second kappa shape index (κ2) is 12.1. The summed E-state index contributed by atoms with van der Waals surface area (Å²) in [4.78, 5) is 28.9. The molecule has 0 aromatic carbocycles. The lowest BCUT2D eigenvalue weighted by Gasteiger charge is -2.13. The number of carbonyl (C=O) groups excluding carboxylic acids is 2. The third-order valence-corrected chi connectivity index (χ3v) is 5.46. The molecule has 0 amide bonds. The monoisotopic (exact) mass is 481 g/mol. The highest BCUT2D eigenvalue weighted by Crippen LogP contribution is 2.18. The van der Waals surface area contributed by atoms with Gasteiger partial charge in [-0.2, -0.15) is 0 Å². The first-order chi connectivity index (χ1) is 13.8. The number of aromatic nitrogens is 1. The predicted octanol–water partition coefficient (Wildman–Crippen LogP) is 5.45. The molecule has 0 spiro atoms. The van der Waals surface area contributed by atoms with Crippen LogP contribution in [0.25, 0.3) is 0 Å². The van der Waals surface area contributed by atoms with E-state index < -0.39 is 5.97 Å². The number of ether oxygens (including phenoxy) is 2. The van der Waals surface area contributed by atoms with E-state index in [2.05, 4.69) is 20.9 Å². The summed E-state index contributed by atoms with van der Waals surface area (Å²) in [7, 11) is 0. The summed E-state index contributed by atoms with van der Waals surface area (Å²) in [5.74, 6) is -0.570. The summed E-state index contributed by atoms with van der Waals surface area (Å²) in [6.07, 6.45) is 10.3. The predicted molar refractivity (Wildman–Crippen MR) is 119 cm³/mol. The summed E-state index contributed by atoms with van der Waals surface area (Å²) >= 11 is 4.98. The molecular weight excluding hydrogens is 454 g/mol. The van der Waals surface area contributed by atoms with E-state index in [1.165, 1.54) is 6.08 Å². The molecule has 5 nitrogen and oxygen atoms in total. The van der Waals surface area contributed by atoms with Crippen LogP contribution in [0.4, 0.5) is 0 Å². The van der Waals surface area contributed by atoms with Crippen molar-refractivity contribution in [2.75, 3.05) is 0 Å². The maximum atomic E-state index is 12.2. The standard InChI is InChI=1S/C22H28BrNO4S/c1-15-7-6-10-22(26)28-19(12-16(2)23)13-20-24-18(14-29-20)8-4-5-9-21(25)27-17(3)11-15/h6-7,10,12,14,17,19H,4-5,8-9,11,13H2,1-3H3/t17-,19+/m0/s1. The Bertz CT molecular complexity index is 792. The second-order valence-corrected chi connectivity index (χ2v) is 9.44. The van der Waals surface area contributed by atoms with Crippen LogP contribution in [0.1, 0.15) is 57.2 Å². The number of halogens is 1. The Morgan fingerprint density at radius 3 is 2.76 bits per heavy atom. The molecule has 158 valence electrons. The molecular formula is C22H28BrNO4S. The molecule has 0 radical (unpaired) electrons. The molecule has 29 heavy (non-hydrogen) atoms. The van der Waals surface area contributed by atoms with E-state index in [9.17, 15) is 9.59 Å². The molecule has 1 aromatic rings. The van der Waals surface area contributed by atoms with E-state index in [0.29, 0.717) is 19.3 Å². The van der Waals surface area contributed by atoms with Gasteiger partial charge < -0.3 is 9.47 Å². The van der Waals surface area contributed by atoms with E-state index in [0.717, 1.165) is 40.0 Å². The van der Waals surface area contributed by atoms with Crippen molar-refractivity contribution in [1.29, 1.82) is 0 Å². The van der Waals surface area contributed by atoms with Crippen molar-refractivity contribution in [3.63, 3.8) is 0 Å². The molecule has 0 fully saturated rings. The molecule has 0 saturated carbocycles. The van der Waals surface area contributed by atoms with Crippen molar-refractivity contribution in [2.24, 2.45) is 0 Å². The van der Waals surface area contributed by atoms with Crippen molar-refractivity contribution in [1.82, 2.24) is 4.98 Å². The Hall–Kier alpha value is -1.73. The summed E-state index contributed by atoms with van der Waals surface area (Å²) in [6.45, 7) is 5.73. The molecule has 0 unspecified atom stereocenters. The number of aryl methyl sites for hydroxylation is 1. The lowest BCUT2D eigenvalue weighted by molar-refractivity contribution is -0.148. The average Bonchev–Trinajstić information content (AvgIpc) is 3.04. The highest BCUT2D eigenvalue weighted by atomic mass is 79.9. The van der Waals surface area contributed by atoms with E-state index in [1.54, 1.807) is 17.4 Å². The highest BCUT2D eigenvalue weighted by molar-refractivity contribution is 9.11. The van der Waals surface area contributed by atoms with Crippen LogP contribution in [0.5, 0.6) is 0 Å². The minimum atomic E-state index is -0.404. The number of allylic oxidation sites excluding steroid dienone is 3. The summed E-state index contributed by atoms with van der Waals surface area (Å²) in [6, 6.07) is 0. The van der Waals surface area contributed by atoms with Crippen LogP contribution in [-0.2, 0) is 31.9 Å². The average molecular weight is 482 g/mol. The van der Waals surface area contributed by atoms with E-state index in [-0.39, 0.29) is 18.2 Å². The van der Waals surface area contributed by atoms with Gasteiger partial charge >= 0.3 is 11.9 Å². The van der Waals surface area contributed by atoms with Gasteiger partial charge in [0.25, 0.3) is 0 Å². The van der Waals surface area contributed by atoms with Gasteiger partial charge in [0.1, 0.15) is 12.2 Å². The van der Waals surface area contributed by atoms with Gasteiger partial charge in [-0.3, -0.25) is 4.79 Å². The highest BCUT2D eigenvalue weighted by Gasteiger charge is 2.15. The largest absolute Gasteiger partial charge is 0.462 e. The Balaban J connectivity index is 2.16. The van der Waals surface area contributed by atoms with Crippen LogP contribution in [-0.4, -0.2) is 29.1 Å². The molecule has 0 saturated heterocycles. The fraction of sp³-hybridized carbons (Fsp3) is 0.500. The first kappa shape index (κ1) is 23.5. The van der Waals surface area contributed by atoms with Gasteiger partial charge in [-0.1, -0.05) is 33.7 Å². The molecule has 2 heterocycles. The number of hydrogen-bond acceptors (Lipinski definition) is 6. The molecule has 0 N–H and O–H groups in total. The minimum absolute atomic E-state index is 0.166. The quantitative estimate of drug-likeness (QED) is 0.499. The summed E-state index contributed by atoms with van der Waals surface area (Å²) in [5, 5.41) is 2.96. The zero-order chi connectivity index (χ0) is 21.2. The number of rotatable bonds is 1. The van der Waals surface area contributed by atoms with Crippen molar-refractivity contribution in [3.8, 4) is 0 Å². The third-order valence-electron chi connectivity index (χ3n) is 4.28. The third kappa shape index (κ3) is 9.54. The SMILES string of the molecule is CC(Br)=C[C@@H]1Cc2nc(cs2)CCCCC(=O)O[C@@H](C)CC(C)=CC=CC(=O)O1. The number of carbonyl (C=O) groups is 2. The summed E-state index contributed by atoms with van der Waals surface area (Å²) < 4.78 is 12.0. The van der Waals surface area contributed by atoms with Gasteiger partial charge in [-0.05, 0) is 50.6 Å². The van der Waals surface area contributed by atoms with Crippen LogP contribution in [0.3, 0.4) is 0 Å². The zero-order valence-electron chi connectivity index (χ0n) is 17.2. The van der Waals surface area contributed by atoms with Gasteiger partial charge in [-0.15, -0.1) is 11.3 Å². The van der Waals surface area contributed by atoms with Gasteiger partial charge in [0.2, 0.25) is 0 Å². The van der Waals surface area contributed by atoms with Crippen LogP contribution in [0.2, 0.25) is 0 Å². The van der Waals surface area contributed by atoms with Crippen molar-refractivity contribution in [3.05, 3.63) is 50.4 Å². The van der Waals surface area contributed by atoms with E-state index in [4.69, 9.17) is 9.47 Å². The fourth-order valence-corrected chi connectivity index (χ4v) is 4.19. The molecule has 2 atom stereocenters. The molecule has 2 rings (SSSR count). The lowest BCUT2D eigenvalue weighted by Crippen LogP contribution is -2.17. The van der Waals surface area contributed by atoms with Crippen molar-refractivity contribution >= 4 is 39.2 Å². The van der Waals surface area contributed by atoms with Crippen molar-refractivity contribution < 1.29 is 19.1 Å². The number of cyclic esters (lactones) is 2. The topological polar surface area (TPSA) is 65.5 Å². The van der Waals surface area contributed by atoms with Gasteiger partial charge in [0, 0.05) is 30.7 Å². The molecule has 0 aliphatic carbocycles. The molecule has 1 aliphatic rings. The maximum Gasteiger partial charge on any atom is 0.331 e. The smallest absolute Gasteiger partial charge is 0.331 e. The normalized spacial score (nSPS) is 23.3. The lowest BCUT2D eigenvalue weighted by atomic mass is 10.1. The molecule has 1 aliphatic heterocycles. The van der Waals surface area contributed by atoms with Crippen LogP contribution in [0, 0.1) is 0 Å². The first-order valence-electron chi connectivity index (χ1n) is 9.83. The number of nitrogens with zero attached hydrogens (tertiary/aromatic N) is 1. The Morgan fingerprint density at radius 2 is 2.00 bits per heavy atom. The minimum Gasteiger partial charge on any atom is -0.462 e. The first-order valence-corrected chi connectivity index (χ1v) is 11.5. The van der Waals surface area contributed by atoms with E-state index >= 15 is 0 Å². The maximum absolute atomic E-state index is 12.2. The van der Waals surface area contributed by atoms with Crippen LogP contribution < -0.4 is 0 Å². The van der Waals surface area contributed by atoms with Gasteiger partial charge in [-0.25, -0.2) is 9.78 Å². The Morgan fingerprint density at radius 1 is 1.24 bits per heavy atom.